The van der Waals surface area contributed by atoms with Crippen LogP contribution >= 0.6 is 11.6 Å². The van der Waals surface area contributed by atoms with Crippen molar-refractivity contribution in [2.45, 2.75) is 18.4 Å². The highest BCUT2D eigenvalue weighted by Gasteiger charge is 2.45. The molecule has 0 unspecified atom stereocenters. The molecule has 0 radical (unpaired) electrons. The summed E-state index contributed by atoms with van der Waals surface area (Å²) in [6, 6.07) is 12.1. The van der Waals surface area contributed by atoms with Crippen molar-refractivity contribution >= 4 is 40.9 Å². The van der Waals surface area contributed by atoms with Gasteiger partial charge in [0, 0.05) is 54.4 Å². The van der Waals surface area contributed by atoms with Gasteiger partial charge in [-0.25, -0.2) is 4.79 Å². The number of ether oxygens (including phenoxy) is 2. The van der Waals surface area contributed by atoms with Gasteiger partial charge in [-0.05, 0) is 42.5 Å². The van der Waals surface area contributed by atoms with Crippen molar-refractivity contribution in [3.05, 3.63) is 65.2 Å². The zero-order valence-electron chi connectivity index (χ0n) is 17.4. The van der Waals surface area contributed by atoms with Crippen LogP contribution in [0.5, 0.6) is 5.75 Å². The fraction of sp³-hybridized carbons (Fsp3) is 0.261. The molecule has 2 aromatic carbocycles. The van der Waals surface area contributed by atoms with E-state index in [2.05, 4.69) is 10.6 Å². The van der Waals surface area contributed by atoms with Crippen LogP contribution in [-0.4, -0.2) is 43.0 Å². The van der Waals surface area contributed by atoms with E-state index >= 15 is 0 Å². The highest BCUT2D eigenvalue weighted by molar-refractivity contribution is 6.30. The molecular weight excluding hydrogens is 434 g/mol. The summed E-state index contributed by atoms with van der Waals surface area (Å²) in [5.41, 5.74) is 1.28. The van der Waals surface area contributed by atoms with Crippen LogP contribution in [0.1, 0.15) is 18.4 Å². The van der Waals surface area contributed by atoms with E-state index in [0.29, 0.717) is 48.1 Å². The standard InChI is InChI=1S/C23H22ClN3O5/c1-31-17-6-7-19-18(14-17)23(32-22(30)26-19)10-12-27(13-11-23)21(29)9-8-20(28)25-16-4-2-15(24)3-5-16/h2-9,14H,10-13H2,1H3,(H,25,28)(H,26,30). The molecule has 0 aromatic heterocycles. The second kappa shape index (κ2) is 8.92. The van der Waals surface area contributed by atoms with Crippen LogP contribution < -0.4 is 15.4 Å². The maximum atomic E-state index is 12.6. The first-order chi connectivity index (χ1) is 15.4. The third-order valence-electron chi connectivity index (χ3n) is 5.61. The minimum absolute atomic E-state index is 0.280. The molecule has 0 bridgehead atoms. The molecule has 2 N–H and O–H groups in total. The van der Waals surface area contributed by atoms with Crippen LogP contribution in [-0.2, 0) is 19.9 Å². The topological polar surface area (TPSA) is 97.0 Å². The van der Waals surface area contributed by atoms with Crippen molar-refractivity contribution in [1.82, 2.24) is 4.90 Å². The van der Waals surface area contributed by atoms with Gasteiger partial charge in [0.2, 0.25) is 11.8 Å². The number of anilines is 2. The Hall–Kier alpha value is -3.52. The lowest BCUT2D eigenvalue weighted by molar-refractivity contribution is -0.130. The Morgan fingerprint density at radius 3 is 2.56 bits per heavy atom. The molecule has 1 saturated heterocycles. The van der Waals surface area contributed by atoms with E-state index in [1.165, 1.54) is 12.2 Å². The minimum Gasteiger partial charge on any atom is -0.497 e. The monoisotopic (exact) mass is 455 g/mol. The molecule has 2 aromatic rings. The van der Waals surface area contributed by atoms with E-state index in [1.54, 1.807) is 48.4 Å². The number of nitrogens with zero attached hydrogens (tertiary/aromatic N) is 1. The van der Waals surface area contributed by atoms with Gasteiger partial charge in [-0.15, -0.1) is 0 Å². The smallest absolute Gasteiger partial charge is 0.412 e. The molecule has 0 saturated carbocycles. The molecule has 4 rings (SSSR count). The van der Waals surface area contributed by atoms with Crippen molar-refractivity contribution in [2.24, 2.45) is 0 Å². The van der Waals surface area contributed by atoms with Gasteiger partial charge in [0.1, 0.15) is 11.4 Å². The maximum Gasteiger partial charge on any atom is 0.412 e. The highest BCUT2D eigenvalue weighted by Crippen LogP contribution is 2.44. The predicted molar refractivity (Wildman–Crippen MR) is 120 cm³/mol. The number of piperidine rings is 1. The van der Waals surface area contributed by atoms with Crippen LogP contribution in [0.4, 0.5) is 16.2 Å². The summed E-state index contributed by atoms with van der Waals surface area (Å²) in [5, 5.41) is 5.95. The Labute approximate surface area is 190 Å². The lowest BCUT2D eigenvalue weighted by atomic mass is 9.82. The average Bonchev–Trinajstić information content (AvgIpc) is 2.79. The van der Waals surface area contributed by atoms with E-state index in [0.717, 1.165) is 5.56 Å². The number of nitrogens with one attached hydrogen (secondary N) is 2. The summed E-state index contributed by atoms with van der Waals surface area (Å²) in [6.45, 7) is 0.762. The largest absolute Gasteiger partial charge is 0.497 e. The first-order valence-corrected chi connectivity index (χ1v) is 10.5. The van der Waals surface area contributed by atoms with Gasteiger partial charge in [0.05, 0.1) is 12.8 Å². The van der Waals surface area contributed by atoms with Crippen LogP contribution in [0, 0.1) is 0 Å². The second-order valence-electron chi connectivity index (χ2n) is 7.58. The first-order valence-electron chi connectivity index (χ1n) is 10.1. The van der Waals surface area contributed by atoms with E-state index < -0.39 is 17.6 Å². The predicted octanol–water partition coefficient (Wildman–Crippen LogP) is 3.92. The number of likely N-dealkylation sites (tertiary alicyclic amines) is 1. The fourth-order valence-electron chi connectivity index (χ4n) is 3.93. The highest BCUT2D eigenvalue weighted by atomic mass is 35.5. The Kier molecular flexibility index (Phi) is 6.05. The van der Waals surface area contributed by atoms with E-state index in [9.17, 15) is 14.4 Å². The summed E-state index contributed by atoms with van der Waals surface area (Å²) in [5.74, 6) is -0.0318. The normalized spacial score (nSPS) is 16.8. The molecule has 1 fully saturated rings. The molecule has 8 nitrogen and oxygen atoms in total. The molecule has 0 atom stereocenters. The number of carbonyl (C=O) groups excluding carboxylic acids is 3. The van der Waals surface area contributed by atoms with Gasteiger partial charge in [-0.3, -0.25) is 14.9 Å². The number of benzene rings is 2. The molecule has 2 aliphatic rings. The van der Waals surface area contributed by atoms with Crippen molar-refractivity contribution in [3.8, 4) is 5.75 Å². The third kappa shape index (κ3) is 4.55. The molecule has 0 aliphatic carbocycles. The summed E-state index contributed by atoms with van der Waals surface area (Å²) >= 11 is 5.83. The lowest BCUT2D eigenvalue weighted by Gasteiger charge is -2.44. The summed E-state index contributed by atoms with van der Waals surface area (Å²) in [6.07, 6.45) is 2.82. The Morgan fingerprint density at radius 1 is 1.16 bits per heavy atom. The zero-order valence-corrected chi connectivity index (χ0v) is 18.1. The Bertz CT molecular complexity index is 1080. The Balaban J connectivity index is 1.40. The van der Waals surface area contributed by atoms with E-state index in [4.69, 9.17) is 21.1 Å². The average molecular weight is 456 g/mol. The van der Waals surface area contributed by atoms with Crippen molar-refractivity contribution < 1.29 is 23.9 Å². The molecule has 9 heteroatoms. The molecule has 1 spiro atoms. The lowest BCUT2D eigenvalue weighted by Crippen LogP contribution is -2.49. The number of hydrogen-bond acceptors (Lipinski definition) is 5. The van der Waals surface area contributed by atoms with Gasteiger partial charge in [0.15, 0.2) is 0 Å². The van der Waals surface area contributed by atoms with Crippen LogP contribution in [0.3, 0.4) is 0 Å². The number of methoxy groups -OCH3 is 1. The van der Waals surface area contributed by atoms with Gasteiger partial charge in [-0.2, -0.15) is 0 Å². The number of rotatable bonds is 4. The maximum absolute atomic E-state index is 12.6. The van der Waals surface area contributed by atoms with E-state index in [1.807, 2.05) is 6.07 Å². The number of amides is 3. The van der Waals surface area contributed by atoms with Gasteiger partial charge in [-0.1, -0.05) is 11.6 Å². The molecule has 166 valence electrons. The Morgan fingerprint density at radius 2 is 1.88 bits per heavy atom. The summed E-state index contributed by atoms with van der Waals surface area (Å²) in [7, 11) is 1.58. The van der Waals surface area contributed by atoms with Crippen molar-refractivity contribution in [2.75, 3.05) is 30.8 Å². The number of carbonyl (C=O) groups is 3. The first kappa shape index (κ1) is 21.7. The van der Waals surface area contributed by atoms with Crippen LogP contribution in [0.15, 0.2) is 54.6 Å². The summed E-state index contributed by atoms with van der Waals surface area (Å²) < 4.78 is 11.0. The number of halogens is 1. The molecular formula is C23H22ClN3O5. The van der Waals surface area contributed by atoms with Gasteiger partial charge < -0.3 is 19.7 Å². The second-order valence-corrected chi connectivity index (χ2v) is 8.01. The number of hydrogen-bond donors (Lipinski definition) is 2. The third-order valence-corrected chi connectivity index (χ3v) is 5.87. The molecule has 2 aliphatic heterocycles. The van der Waals surface area contributed by atoms with Crippen LogP contribution in [0.2, 0.25) is 5.02 Å². The quantitative estimate of drug-likeness (QED) is 0.681. The zero-order chi connectivity index (χ0) is 22.7. The van der Waals surface area contributed by atoms with Gasteiger partial charge in [0.25, 0.3) is 0 Å². The molecule has 2 heterocycles. The molecule has 32 heavy (non-hydrogen) atoms. The fourth-order valence-corrected chi connectivity index (χ4v) is 4.06. The van der Waals surface area contributed by atoms with Crippen molar-refractivity contribution in [1.29, 1.82) is 0 Å². The minimum atomic E-state index is -0.821. The van der Waals surface area contributed by atoms with E-state index in [-0.39, 0.29) is 5.91 Å². The SMILES string of the molecule is COc1ccc2c(c1)C1(CCN(C(=O)C=CC(=O)Nc3ccc(Cl)cc3)CC1)OC(=O)N2. The number of fused-ring (bicyclic) bond motifs is 2. The summed E-state index contributed by atoms with van der Waals surface area (Å²) in [4.78, 5) is 38.4. The van der Waals surface area contributed by atoms with Gasteiger partial charge >= 0.3 is 6.09 Å². The van der Waals surface area contributed by atoms with Crippen molar-refractivity contribution in [3.63, 3.8) is 0 Å². The van der Waals surface area contributed by atoms with Crippen LogP contribution in [0.25, 0.3) is 0 Å². The molecule has 3 amide bonds.